The SMILES string of the molecule is CC(C)(C)c1[c-]c2c(cc1C(C)(C)C)-c1cc(C(C)(C)C)c(C(C)(C)C)cc1C2.CCC1[C-]=CC(C(C)(C)C)=C1.FC(F)(F)c1ccc([C](=[Zr+2])c2ccc(C(F)(F)F)cc2)cc1.[Cl-].[Cl-]. The van der Waals surface area contributed by atoms with Crippen LogP contribution in [0.3, 0.4) is 0 Å². The first-order valence-electron chi connectivity index (χ1n) is 21.6. The fourth-order valence-electron chi connectivity index (χ4n) is 7.66. The van der Waals surface area contributed by atoms with E-state index >= 15 is 0 Å². The van der Waals surface area contributed by atoms with Crippen molar-refractivity contribution in [3.63, 3.8) is 0 Å². The average Bonchev–Trinajstić information content (AvgIpc) is 3.77. The van der Waals surface area contributed by atoms with Crippen molar-refractivity contribution >= 4 is 3.21 Å². The van der Waals surface area contributed by atoms with Crippen LogP contribution >= 0.6 is 0 Å². The van der Waals surface area contributed by atoms with Crippen LogP contribution in [-0.4, -0.2) is 3.21 Å². The van der Waals surface area contributed by atoms with Gasteiger partial charge in [-0.25, -0.2) is 6.08 Å². The Morgan fingerprint density at radius 1 is 0.562 bits per heavy atom. The molecule has 0 aliphatic heterocycles. The molecular weight excluding hydrogens is 937 g/mol. The van der Waals surface area contributed by atoms with Crippen LogP contribution in [0.15, 0.2) is 84.5 Å². The van der Waals surface area contributed by atoms with Crippen molar-refractivity contribution in [3.05, 3.63) is 152 Å². The minimum absolute atomic E-state index is 0. The summed E-state index contributed by atoms with van der Waals surface area (Å²) in [5.41, 5.74) is 13.3. The van der Waals surface area contributed by atoms with Gasteiger partial charge in [-0.3, -0.25) is 6.08 Å². The molecule has 4 aromatic carbocycles. The molecule has 6 rings (SSSR count). The first-order chi connectivity index (χ1) is 28.0. The second-order valence-electron chi connectivity index (χ2n) is 21.9. The van der Waals surface area contributed by atoms with Crippen LogP contribution in [0.4, 0.5) is 26.3 Å². The minimum atomic E-state index is -4.41. The summed E-state index contributed by atoms with van der Waals surface area (Å²) in [6.07, 6.45) is 1.19. The van der Waals surface area contributed by atoms with Crippen molar-refractivity contribution in [3.8, 4) is 11.1 Å². The molecule has 9 heteroatoms. The number of halogens is 8. The predicted octanol–water partition coefficient (Wildman–Crippen LogP) is 10.5. The van der Waals surface area contributed by atoms with E-state index < -0.39 is 23.5 Å². The normalized spacial score (nSPS) is 15.1. The summed E-state index contributed by atoms with van der Waals surface area (Å²) in [4.78, 5) is 0. The van der Waals surface area contributed by atoms with E-state index in [4.69, 9.17) is 0 Å². The molecule has 0 nitrogen and oxygen atoms in total. The molecule has 0 N–H and O–H groups in total. The molecular formula is C55H66Cl2F6Zr-2. The van der Waals surface area contributed by atoms with Gasteiger partial charge in [-0.05, 0) is 39.4 Å². The molecule has 1 unspecified atom stereocenters. The number of alkyl halides is 6. The molecule has 0 saturated heterocycles. The molecule has 2 aliphatic rings. The molecule has 0 spiro atoms. The third kappa shape index (κ3) is 14.4. The third-order valence-corrected chi connectivity index (χ3v) is 12.8. The second-order valence-corrected chi connectivity index (χ2v) is 23.1. The monoisotopic (exact) mass is 1000 g/mol. The zero-order chi connectivity index (χ0) is 47.2. The summed E-state index contributed by atoms with van der Waals surface area (Å²) >= 11 is 0.898. The second kappa shape index (κ2) is 20.6. The van der Waals surface area contributed by atoms with Crippen molar-refractivity contribution in [2.75, 3.05) is 0 Å². The van der Waals surface area contributed by atoms with Crippen molar-refractivity contribution in [2.45, 2.75) is 158 Å². The number of rotatable bonds is 3. The summed E-state index contributed by atoms with van der Waals surface area (Å²) in [7, 11) is 0. The Morgan fingerprint density at radius 3 is 1.30 bits per heavy atom. The fraction of sp³-hybridized carbons (Fsp3) is 0.473. The zero-order valence-corrected chi connectivity index (χ0v) is 44.5. The van der Waals surface area contributed by atoms with Crippen LogP contribution in [0.1, 0.15) is 173 Å². The molecule has 0 radical (unpaired) electrons. The van der Waals surface area contributed by atoms with E-state index in [1.54, 1.807) is 0 Å². The summed E-state index contributed by atoms with van der Waals surface area (Å²) < 4.78 is 75.6. The van der Waals surface area contributed by atoms with Gasteiger partial charge in [-0.1, -0.05) is 152 Å². The molecule has 0 amide bonds. The van der Waals surface area contributed by atoms with E-state index in [0.29, 0.717) is 25.7 Å². The van der Waals surface area contributed by atoms with Crippen LogP contribution in [-0.2, 0) is 64.7 Å². The maximum Gasteiger partial charge on any atom is -1.00 e. The van der Waals surface area contributed by atoms with Gasteiger partial charge in [-0.15, -0.1) is 16.7 Å². The summed E-state index contributed by atoms with van der Waals surface area (Å²) in [5, 5.41) is 0. The van der Waals surface area contributed by atoms with Gasteiger partial charge in [-0.2, -0.15) is 29.3 Å². The van der Waals surface area contributed by atoms with Gasteiger partial charge in [0, 0.05) is 0 Å². The molecule has 1 atom stereocenters. The van der Waals surface area contributed by atoms with Crippen LogP contribution in [0, 0.1) is 23.5 Å². The van der Waals surface area contributed by atoms with E-state index in [-0.39, 0.29) is 46.5 Å². The number of hydrogen-bond donors (Lipinski definition) is 0. The first-order valence-corrected chi connectivity index (χ1v) is 22.8. The molecule has 0 fully saturated rings. The Bertz CT molecular complexity index is 2150. The van der Waals surface area contributed by atoms with Gasteiger partial charge in [0.05, 0.1) is 0 Å². The zero-order valence-electron chi connectivity index (χ0n) is 40.5. The van der Waals surface area contributed by atoms with E-state index in [0.717, 1.165) is 54.9 Å². The van der Waals surface area contributed by atoms with Crippen molar-refractivity contribution in [2.24, 2.45) is 11.3 Å². The molecule has 2 aliphatic carbocycles. The first kappa shape index (κ1) is 57.4. The Labute approximate surface area is 408 Å². The maximum absolute atomic E-state index is 12.5. The van der Waals surface area contributed by atoms with Crippen LogP contribution in [0.25, 0.3) is 11.1 Å². The van der Waals surface area contributed by atoms with Gasteiger partial charge in [0.1, 0.15) is 0 Å². The molecule has 4 aromatic rings. The number of hydrogen-bond acceptors (Lipinski definition) is 0. The molecule has 0 aromatic heterocycles. The maximum atomic E-state index is 12.5. The Morgan fingerprint density at radius 2 is 0.969 bits per heavy atom. The van der Waals surface area contributed by atoms with Gasteiger partial charge in [0.25, 0.3) is 0 Å². The fourth-order valence-corrected chi connectivity index (χ4v) is 8.47. The van der Waals surface area contributed by atoms with Crippen molar-refractivity contribution < 1.29 is 75.4 Å². The molecule has 0 bridgehead atoms. The van der Waals surface area contributed by atoms with E-state index in [2.05, 4.69) is 153 Å². The molecule has 64 heavy (non-hydrogen) atoms. The molecule has 348 valence electrons. The van der Waals surface area contributed by atoms with E-state index in [1.165, 1.54) is 80.8 Å². The molecule has 0 heterocycles. The van der Waals surface area contributed by atoms with Crippen LogP contribution < -0.4 is 24.8 Å². The third-order valence-electron chi connectivity index (χ3n) is 11.4. The van der Waals surface area contributed by atoms with E-state index in [1.807, 2.05) is 0 Å². The van der Waals surface area contributed by atoms with Gasteiger partial charge in [0.2, 0.25) is 0 Å². The standard InChI is InChI=1S/C29H41.C15H8F6.C11H17.2ClH.Zr/c1-26(2,3)22-14-18-13-19-15-23(27(4,5)6)25(29(10,11)12)17-21(19)20(18)16-24(22)28(7,8)9;16-14(17,18)12-5-1-10(2-6-12)9-11-3-7-13(8-4-11)15(19,20)21;1-5-9-6-7-10(8-9)11(2,3)4;;;/h14,16-17H,13H2,1-12H3;1-8H;7-9H,5H2,1-4H3;2*1H;/q-1;;-1;;;+2/p-2. The van der Waals surface area contributed by atoms with Crippen LogP contribution in [0.5, 0.6) is 0 Å². The smallest absolute Gasteiger partial charge is 1.00 e. The van der Waals surface area contributed by atoms with E-state index in [9.17, 15) is 26.3 Å². The number of allylic oxidation sites excluding steroid dienone is 4. The largest absolute Gasteiger partial charge is 1.00 e. The number of benzene rings is 4. The quantitative estimate of drug-likeness (QED) is 0.125. The summed E-state index contributed by atoms with van der Waals surface area (Å²) in [6, 6.07) is 20.5. The average molecular weight is 1000 g/mol. The Hall–Kier alpha value is -2.73. The Kier molecular flexibility index (Phi) is 18.5. The van der Waals surface area contributed by atoms with Gasteiger partial charge >= 0.3 is 137 Å². The summed E-state index contributed by atoms with van der Waals surface area (Å²) in [6.45, 7) is 36.9. The van der Waals surface area contributed by atoms with Gasteiger partial charge in [0.15, 0.2) is 0 Å². The molecule has 0 saturated carbocycles. The van der Waals surface area contributed by atoms with Crippen molar-refractivity contribution in [1.82, 2.24) is 0 Å². The van der Waals surface area contributed by atoms with Gasteiger partial charge < -0.3 is 24.8 Å². The van der Waals surface area contributed by atoms with Crippen molar-refractivity contribution in [1.29, 1.82) is 0 Å². The van der Waals surface area contributed by atoms with Crippen LogP contribution in [0.2, 0.25) is 0 Å². The number of fused-ring (bicyclic) bond motifs is 3. The Balaban J connectivity index is 0.000000356. The topological polar surface area (TPSA) is 0 Å². The predicted molar refractivity (Wildman–Crippen MR) is 244 cm³/mol. The summed E-state index contributed by atoms with van der Waals surface area (Å²) in [5.74, 6) is 0.573. The minimum Gasteiger partial charge on any atom is -1.00 e.